The molecule has 0 spiro atoms. The molecule has 0 N–H and O–H groups in total. The lowest BCUT2D eigenvalue weighted by Gasteiger charge is -2.21. The smallest absolute Gasteiger partial charge is 0.389 e. The predicted molar refractivity (Wildman–Crippen MR) is 137 cm³/mol. The van der Waals surface area contributed by atoms with Crippen molar-refractivity contribution < 1.29 is 32.2 Å². The number of pyridine rings is 2. The number of hydrogen-bond acceptors (Lipinski definition) is 6. The van der Waals surface area contributed by atoms with E-state index in [4.69, 9.17) is 14.2 Å². The lowest BCUT2D eigenvalue weighted by molar-refractivity contribution is -0.135. The number of hydrogen-bond donors (Lipinski definition) is 0. The van der Waals surface area contributed by atoms with E-state index < -0.39 is 18.5 Å². The molecule has 3 aromatic heterocycles. The van der Waals surface area contributed by atoms with Crippen LogP contribution in [0.5, 0.6) is 17.2 Å². The van der Waals surface area contributed by atoms with Crippen molar-refractivity contribution in [3.05, 3.63) is 60.6 Å². The summed E-state index contributed by atoms with van der Waals surface area (Å²) in [6.07, 6.45) is -2.17. The zero-order valence-electron chi connectivity index (χ0n) is 21.4. The van der Waals surface area contributed by atoms with E-state index in [0.717, 1.165) is 5.56 Å². The van der Waals surface area contributed by atoms with Gasteiger partial charge in [-0.05, 0) is 36.8 Å². The lowest BCUT2D eigenvalue weighted by Crippen LogP contribution is -2.28. The number of benzene rings is 1. The molecule has 4 aromatic rings. The second-order valence-electron chi connectivity index (χ2n) is 8.48. The summed E-state index contributed by atoms with van der Waals surface area (Å²) in [6.45, 7) is -0.0105. The zero-order chi connectivity index (χ0) is 27.4. The van der Waals surface area contributed by atoms with Crippen LogP contribution in [-0.2, 0) is 6.54 Å². The lowest BCUT2D eigenvalue weighted by atomic mass is 10.2. The number of anilines is 1. The quantitative estimate of drug-likeness (QED) is 0.276. The molecule has 0 aliphatic carbocycles. The van der Waals surface area contributed by atoms with Gasteiger partial charge in [-0.15, -0.1) is 0 Å². The SMILES string of the molecule is COc1cc(N(C)C(=O)c2cc3nc(-c4ccncc4)ccc3n2CCCC(F)(F)F)cc(OC)c1OC. The summed E-state index contributed by atoms with van der Waals surface area (Å²) in [5.74, 6) is 0.648. The topological polar surface area (TPSA) is 78.7 Å². The highest BCUT2D eigenvalue weighted by atomic mass is 19.4. The first-order valence-corrected chi connectivity index (χ1v) is 11.7. The van der Waals surface area contributed by atoms with Crippen molar-refractivity contribution in [2.45, 2.75) is 25.6 Å². The molecule has 0 saturated heterocycles. The van der Waals surface area contributed by atoms with Crippen molar-refractivity contribution in [3.8, 4) is 28.5 Å². The molecule has 0 unspecified atom stereocenters. The van der Waals surface area contributed by atoms with Gasteiger partial charge in [0.25, 0.3) is 5.91 Å². The van der Waals surface area contributed by atoms with Gasteiger partial charge in [-0.25, -0.2) is 4.98 Å². The molecule has 38 heavy (non-hydrogen) atoms. The van der Waals surface area contributed by atoms with Crippen LogP contribution < -0.4 is 19.1 Å². The van der Waals surface area contributed by atoms with Gasteiger partial charge in [0.05, 0.1) is 43.7 Å². The van der Waals surface area contributed by atoms with Crippen LogP contribution in [0.25, 0.3) is 22.3 Å². The largest absolute Gasteiger partial charge is 0.493 e. The van der Waals surface area contributed by atoms with E-state index >= 15 is 0 Å². The molecule has 0 saturated carbocycles. The van der Waals surface area contributed by atoms with Crippen molar-refractivity contribution in [2.24, 2.45) is 0 Å². The van der Waals surface area contributed by atoms with Crippen molar-refractivity contribution in [2.75, 3.05) is 33.3 Å². The number of nitrogens with zero attached hydrogens (tertiary/aromatic N) is 4. The molecule has 0 radical (unpaired) electrons. The minimum Gasteiger partial charge on any atom is -0.493 e. The Hall–Kier alpha value is -4.28. The summed E-state index contributed by atoms with van der Waals surface area (Å²) in [7, 11) is 5.97. The van der Waals surface area contributed by atoms with Crippen molar-refractivity contribution >= 4 is 22.6 Å². The van der Waals surface area contributed by atoms with E-state index in [9.17, 15) is 18.0 Å². The molecule has 1 aromatic carbocycles. The number of aryl methyl sites for hydroxylation is 1. The molecule has 0 bridgehead atoms. The van der Waals surface area contributed by atoms with Crippen LogP contribution in [0, 0.1) is 0 Å². The summed E-state index contributed by atoms with van der Waals surface area (Å²) in [6, 6.07) is 12.0. The summed E-state index contributed by atoms with van der Waals surface area (Å²) >= 11 is 0. The second-order valence-corrected chi connectivity index (χ2v) is 8.48. The number of methoxy groups -OCH3 is 3. The molecule has 3 heterocycles. The number of amides is 1. The normalized spacial score (nSPS) is 11.4. The minimum absolute atomic E-state index is 0.0105. The van der Waals surface area contributed by atoms with Crippen molar-refractivity contribution in [1.82, 2.24) is 14.5 Å². The third-order valence-electron chi connectivity index (χ3n) is 6.14. The van der Waals surface area contributed by atoms with Gasteiger partial charge in [-0.1, -0.05) is 0 Å². The van der Waals surface area contributed by atoms with Crippen LogP contribution in [0.1, 0.15) is 23.3 Å². The van der Waals surface area contributed by atoms with Gasteiger partial charge in [0, 0.05) is 50.1 Å². The molecule has 0 aliphatic heterocycles. The van der Waals surface area contributed by atoms with Gasteiger partial charge >= 0.3 is 6.18 Å². The molecule has 4 rings (SSSR count). The summed E-state index contributed by atoms with van der Waals surface area (Å²) in [5.41, 5.74) is 3.19. The molecule has 8 nitrogen and oxygen atoms in total. The number of carbonyl (C=O) groups excluding carboxylic acids is 1. The average Bonchev–Trinajstić information content (AvgIpc) is 3.28. The standard InChI is InChI=1S/C27H27F3N4O4/c1-33(18-14-23(36-2)25(38-4)24(15-18)37-3)26(35)22-16-20-21(34(22)13-5-10-27(28,29)30)7-6-19(32-20)17-8-11-31-12-9-17/h6-9,11-12,14-16H,5,10,13H2,1-4H3. The van der Waals surface area contributed by atoms with Gasteiger partial charge in [-0.3, -0.25) is 9.78 Å². The first-order valence-electron chi connectivity index (χ1n) is 11.7. The van der Waals surface area contributed by atoms with Crippen molar-refractivity contribution in [1.29, 1.82) is 0 Å². The van der Waals surface area contributed by atoms with E-state index in [1.54, 1.807) is 66.5 Å². The average molecular weight is 529 g/mol. The Bertz CT molecular complexity index is 1410. The van der Waals surface area contributed by atoms with E-state index in [2.05, 4.69) is 9.97 Å². The molecular weight excluding hydrogens is 501 g/mol. The summed E-state index contributed by atoms with van der Waals surface area (Å²) < 4.78 is 56.5. The van der Waals surface area contributed by atoms with Gasteiger partial charge in [0.2, 0.25) is 5.75 Å². The molecule has 11 heteroatoms. The fourth-order valence-electron chi connectivity index (χ4n) is 4.23. The third-order valence-corrected chi connectivity index (χ3v) is 6.14. The first kappa shape index (κ1) is 26.8. The first-order chi connectivity index (χ1) is 18.2. The fraction of sp³-hybridized carbons (Fsp3) is 0.296. The maximum atomic E-state index is 13.7. The van der Waals surface area contributed by atoms with E-state index in [1.807, 2.05) is 0 Å². The maximum absolute atomic E-state index is 13.7. The van der Waals surface area contributed by atoms with E-state index in [1.165, 1.54) is 26.2 Å². The van der Waals surface area contributed by atoms with Crippen LogP contribution in [0.3, 0.4) is 0 Å². The number of halogens is 3. The van der Waals surface area contributed by atoms with Crippen LogP contribution >= 0.6 is 0 Å². The fourth-order valence-corrected chi connectivity index (χ4v) is 4.23. The van der Waals surface area contributed by atoms with Crippen molar-refractivity contribution in [3.63, 3.8) is 0 Å². The van der Waals surface area contributed by atoms with Crippen LogP contribution in [-0.4, -0.2) is 55.0 Å². The Morgan fingerprint density at radius 3 is 2.21 bits per heavy atom. The Labute approximate surface area is 217 Å². The van der Waals surface area contributed by atoms with Gasteiger partial charge in [-0.2, -0.15) is 13.2 Å². The Morgan fingerprint density at radius 2 is 1.63 bits per heavy atom. The highest BCUT2D eigenvalue weighted by Gasteiger charge is 2.28. The Morgan fingerprint density at radius 1 is 0.974 bits per heavy atom. The monoisotopic (exact) mass is 528 g/mol. The minimum atomic E-state index is -4.30. The predicted octanol–water partition coefficient (Wildman–Crippen LogP) is 5.74. The number of carbonyl (C=O) groups is 1. The van der Waals surface area contributed by atoms with Gasteiger partial charge in [0.15, 0.2) is 11.5 Å². The highest BCUT2D eigenvalue weighted by Crippen LogP contribution is 2.41. The number of ether oxygens (including phenoxy) is 3. The van der Waals surface area contributed by atoms with Gasteiger partial charge < -0.3 is 23.7 Å². The van der Waals surface area contributed by atoms with Crippen LogP contribution in [0.15, 0.2) is 54.9 Å². The molecule has 200 valence electrons. The molecule has 1 amide bonds. The Balaban J connectivity index is 1.77. The highest BCUT2D eigenvalue weighted by molar-refractivity contribution is 6.07. The third kappa shape index (κ3) is 5.51. The number of fused-ring (bicyclic) bond motifs is 1. The molecular formula is C27H27F3N4O4. The second kappa shape index (κ2) is 11.0. The van der Waals surface area contributed by atoms with Crippen LogP contribution in [0.4, 0.5) is 18.9 Å². The molecule has 0 fully saturated rings. The molecule has 0 atom stereocenters. The number of alkyl halides is 3. The van der Waals surface area contributed by atoms with Gasteiger partial charge in [0.1, 0.15) is 5.69 Å². The summed E-state index contributed by atoms with van der Waals surface area (Å²) in [4.78, 5) is 23.8. The van der Waals surface area contributed by atoms with Crippen LogP contribution in [0.2, 0.25) is 0 Å². The number of rotatable bonds is 9. The maximum Gasteiger partial charge on any atom is 0.389 e. The summed E-state index contributed by atoms with van der Waals surface area (Å²) in [5, 5.41) is 0. The van der Waals surface area contributed by atoms with E-state index in [0.29, 0.717) is 39.7 Å². The van der Waals surface area contributed by atoms with E-state index in [-0.39, 0.29) is 18.7 Å². The molecule has 0 aliphatic rings. The zero-order valence-corrected chi connectivity index (χ0v) is 21.4. The Kier molecular flexibility index (Phi) is 7.75. The number of aromatic nitrogens is 3.